The Kier molecular flexibility index (Phi) is 5.31. The van der Waals surface area contributed by atoms with Crippen molar-refractivity contribution in [3.8, 4) is 11.1 Å². The molecule has 0 aromatic heterocycles. The van der Waals surface area contributed by atoms with Crippen LogP contribution in [-0.4, -0.2) is 0 Å². The zero-order valence-electron chi connectivity index (χ0n) is 19.5. The molecule has 0 spiro atoms. The first kappa shape index (κ1) is 20.5. The summed E-state index contributed by atoms with van der Waals surface area (Å²) in [6, 6.07) is 31.4. The van der Waals surface area contributed by atoms with Gasteiger partial charge in [-0.05, 0) is 84.3 Å². The summed E-state index contributed by atoms with van der Waals surface area (Å²) in [6.45, 7) is 8.62. The van der Waals surface area contributed by atoms with Gasteiger partial charge in [-0.2, -0.15) is 0 Å². The van der Waals surface area contributed by atoms with Crippen LogP contribution in [0.4, 0.5) is 0 Å². The van der Waals surface area contributed by atoms with Gasteiger partial charge in [0.15, 0.2) is 0 Å². The Hall–Kier alpha value is -3.38. The highest BCUT2D eigenvalue weighted by Crippen LogP contribution is 2.34. The molecule has 0 saturated heterocycles. The van der Waals surface area contributed by atoms with Gasteiger partial charge < -0.3 is 0 Å². The quantitative estimate of drug-likeness (QED) is 0.222. The first-order valence-electron chi connectivity index (χ1n) is 11.6. The summed E-state index contributed by atoms with van der Waals surface area (Å²) in [4.78, 5) is 0. The molecule has 5 aromatic rings. The third-order valence-electron chi connectivity index (χ3n) is 6.62. The fourth-order valence-corrected chi connectivity index (χ4v) is 4.96. The van der Waals surface area contributed by atoms with E-state index in [0.717, 1.165) is 0 Å². The largest absolute Gasteiger partial charge is 0.0587 e. The maximum atomic E-state index is 2.33. The average Bonchev–Trinajstić information content (AvgIpc) is 2.78. The molecule has 0 aliphatic heterocycles. The maximum Gasteiger partial charge on any atom is -0.0105 e. The monoisotopic (exact) mass is 414 g/mol. The van der Waals surface area contributed by atoms with Crippen LogP contribution < -0.4 is 0 Å². The third kappa shape index (κ3) is 3.94. The second-order valence-corrected chi connectivity index (χ2v) is 9.34. The van der Waals surface area contributed by atoms with E-state index in [0.29, 0.717) is 0 Å². The molecule has 158 valence electrons. The van der Waals surface area contributed by atoms with E-state index >= 15 is 0 Å². The summed E-state index contributed by atoms with van der Waals surface area (Å²) in [5.74, 6) is 0. The Bertz CT molecular complexity index is 1340. The zero-order chi connectivity index (χ0) is 22.2. The van der Waals surface area contributed by atoms with Crippen LogP contribution in [0.1, 0.15) is 33.4 Å². The van der Waals surface area contributed by atoms with Crippen molar-refractivity contribution in [2.75, 3.05) is 0 Å². The van der Waals surface area contributed by atoms with Crippen molar-refractivity contribution in [1.82, 2.24) is 0 Å². The van der Waals surface area contributed by atoms with Crippen molar-refractivity contribution >= 4 is 21.5 Å². The minimum atomic E-state index is 1.19. The van der Waals surface area contributed by atoms with Gasteiger partial charge in [-0.25, -0.2) is 0 Å². The molecule has 0 bridgehead atoms. The van der Waals surface area contributed by atoms with Crippen molar-refractivity contribution in [3.05, 3.63) is 118 Å². The highest BCUT2D eigenvalue weighted by atomic mass is 14.2. The summed E-state index contributed by atoms with van der Waals surface area (Å²) >= 11 is 0. The van der Waals surface area contributed by atoms with E-state index in [1.165, 1.54) is 78.9 Å². The fourth-order valence-electron chi connectivity index (χ4n) is 4.96. The standard InChI is InChI=1S/C16H16.C16H14/c2*1-11-3-7-15-13(9-11)5-6-14-10-12(2)4-8-16(14)15/h3-4,7-10H,5-6H2,1-2H3;3-10H,1-2H3. The van der Waals surface area contributed by atoms with Gasteiger partial charge in [-0.15, -0.1) is 0 Å². The molecule has 0 heteroatoms. The van der Waals surface area contributed by atoms with Crippen LogP contribution in [-0.2, 0) is 12.8 Å². The van der Waals surface area contributed by atoms with Crippen LogP contribution in [0.15, 0.2) is 84.9 Å². The van der Waals surface area contributed by atoms with Crippen LogP contribution in [0.25, 0.3) is 32.7 Å². The highest BCUT2D eigenvalue weighted by molar-refractivity contribution is 6.07. The minimum absolute atomic E-state index is 1.19. The van der Waals surface area contributed by atoms with E-state index in [4.69, 9.17) is 0 Å². The average molecular weight is 415 g/mol. The molecule has 6 rings (SSSR count). The minimum Gasteiger partial charge on any atom is -0.0587 e. The molecular weight excluding hydrogens is 384 g/mol. The Balaban J connectivity index is 0.000000135. The molecule has 0 atom stereocenters. The second-order valence-electron chi connectivity index (χ2n) is 9.34. The van der Waals surface area contributed by atoms with Gasteiger partial charge in [0, 0.05) is 0 Å². The van der Waals surface area contributed by atoms with E-state index < -0.39 is 0 Å². The van der Waals surface area contributed by atoms with Gasteiger partial charge in [0.05, 0.1) is 0 Å². The lowest BCUT2D eigenvalue weighted by Gasteiger charge is -2.20. The van der Waals surface area contributed by atoms with Gasteiger partial charge in [0.2, 0.25) is 0 Å². The SMILES string of the molecule is Cc1ccc2c(c1)CCc1cc(C)ccc1-2.Cc1ccc2c(ccc3cc(C)ccc32)c1. The fraction of sp³-hybridized carbons (Fsp3) is 0.188. The predicted molar refractivity (Wildman–Crippen MR) is 140 cm³/mol. The van der Waals surface area contributed by atoms with Crippen molar-refractivity contribution in [2.24, 2.45) is 0 Å². The molecule has 0 heterocycles. The summed E-state index contributed by atoms with van der Waals surface area (Å²) in [5, 5.41) is 5.36. The van der Waals surface area contributed by atoms with Crippen LogP contribution in [0.2, 0.25) is 0 Å². The summed E-state index contributed by atoms with van der Waals surface area (Å²) in [5.41, 5.74) is 11.3. The molecule has 0 unspecified atom stereocenters. The number of hydrogen-bond acceptors (Lipinski definition) is 0. The van der Waals surface area contributed by atoms with Crippen LogP contribution in [0, 0.1) is 27.7 Å². The molecule has 1 aliphatic carbocycles. The van der Waals surface area contributed by atoms with Gasteiger partial charge in [0.1, 0.15) is 0 Å². The van der Waals surface area contributed by atoms with E-state index in [9.17, 15) is 0 Å². The van der Waals surface area contributed by atoms with Gasteiger partial charge in [-0.1, -0.05) is 107 Å². The molecular formula is C32H30. The van der Waals surface area contributed by atoms with Gasteiger partial charge in [-0.3, -0.25) is 0 Å². The van der Waals surface area contributed by atoms with Crippen molar-refractivity contribution in [2.45, 2.75) is 40.5 Å². The summed E-state index contributed by atoms with van der Waals surface area (Å²) < 4.78 is 0. The van der Waals surface area contributed by atoms with Crippen LogP contribution in [0.5, 0.6) is 0 Å². The molecule has 0 nitrogen and oxygen atoms in total. The lowest BCUT2D eigenvalue weighted by atomic mass is 9.84. The first-order chi connectivity index (χ1) is 15.5. The molecule has 0 fully saturated rings. The highest BCUT2D eigenvalue weighted by Gasteiger charge is 2.15. The summed E-state index contributed by atoms with van der Waals surface area (Å²) in [7, 11) is 0. The van der Waals surface area contributed by atoms with Crippen molar-refractivity contribution < 1.29 is 0 Å². The molecule has 0 N–H and O–H groups in total. The zero-order valence-corrected chi connectivity index (χ0v) is 19.5. The molecule has 0 amide bonds. The van der Waals surface area contributed by atoms with E-state index in [-0.39, 0.29) is 0 Å². The topological polar surface area (TPSA) is 0 Å². The molecule has 0 radical (unpaired) electrons. The van der Waals surface area contributed by atoms with Crippen LogP contribution >= 0.6 is 0 Å². The van der Waals surface area contributed by atoms with E-state index in [2.05, 4.69) is 113 Å². The Morgan fingerprint density at radius 2 is 0.781 bits per heavy atom. The number of hydrogen-bond donors (Lipinski definition) is 0. The Morgan fingerprint density at radius 3 is 1.22 bits per heavy atom. The molecule has 1 aliphatic rings. The number of rotatable bonds is 0. The van der Waals surface area contributed by atoms with E-state index in [1.54, 1.807) is 0 Å². The second kappa shape index (κ2) is 8.28. The molecule has 32 heavy (non-hydrogen) atoms. The lowest BCUT2D eigenvalue weighted by molar-refractivity contribution is 0.937. The Morgan fingerprint density at radius 1 is 0.406 bits per heavy atom. The van der Waals surface area contributed by atoms with Crippen molar-refractivity contribution in [3.63, 3.8) is 0 Å². The number of benzene rings is 5. The van der Waals surface area contributed by atoms with Gasteiger partial charge in [0.25, 0.3) is 0 Å². The molecule has 5 aromatic carbocycles. The maximum absolute atomic E-state index is 2.33. The normalized spacial score (nSPS) is 12.1. The molecule has 0 saturated carbocycles. The lowest BCUT2D eigenvalue weighted by Crippen LogP contribution is -2.04. The Labute approximate surface area is 191 Å². The third-order valence-corrected chi connectivity index (χ3v) is 6.62. The smallest absolute Gasteiger partial charge is 0.0105 e. The number of fused-ring (bicyclic) bond motifs is 6. The van der Waals surface area contributed by atoms with Crippen molar-refractivity contribution in [1.29, 1.82) is 0 Å². The predicted octanol–water partition coefficient (Wildman–Crippen LogP) is 8.68. The van der Waals surface area contributed by atoms with Crippen LogP contribution in [0.3, 0.4) is 0 Å². The number of aryl methyl sites for hydroxylation is 6. The summed E-state index contributed by atoms with van der Waals surface area (Å²) in [6.07, 6.45) is 2.38. The van der Waals surface area contributed by atoms with E-state index in [1.807, 2.05) is 0 Å². The first-order valence-corrected chi connectivity index (χ1v) is 11.6. The van der Waals surface area contributed by atoms with Gasteiger partial charge >= 0.3 is 0 Å².